The molecule has 0 aromatic carbocycles. The molecule has 1 aliphatic heterocycles. The van der Waals surface area contributed by atoms with E-state index >= 15 is 0 Å². The highest BCUT2D eigenvalue weighted by Crippen LogP contribution is 2.20. The number of hydrogen-bond acceptors (Lipinski definition) is 1. The Balaban J connectivity index is 2.02. The van der Waals surface area contributed by atoms with E-state index < -0.39 is 0 Å². The van der Waals surface area contributed by atoms with E-state index in [1.807, 2.05) is 0 Å². The van der Waals surface area contributed by atoms with Crippen molar-refractivity contribution in [2.24, 2.45) is 0 Å². The molecule has 1 fully saturated rings. The van der Waals surface area contributed by atoms with Crippen LogP contribution < -0.4 is 5.32 Å². The lowest BCUT2D eigenvalue weighted by Gasteiger charge is -2.21. The summed E-state index contributed by atoms with van der Waals surface area (Å²) in [6.45, 7) is 4.71. The van der Waals surface area contributed by atoms with Crippen molar-refractivity contribution in [2.75, 3.05) is 13.1 Å². The summed E-state index contributed by atoms with van der Waals surface area (Å²) in [6, 6.07) is 0. The number of piperidine rings is 1. The molecule has 0 aliphatic carbocycles. The van der Waals surface area contributed by atoms with Crippen molar-refractivity contribution in [3.05, 3.63) is 5.92 Å². The van der Waals surface area contributed by atoms with Crippen LogP contribution in [0.3, 0.4) is 0 Å². The minimum atomic E-state index is 1.22. The SMILES string of the molecule is CCCC[C]1CCNCC1. The Morgan fingerprint density at radius 1 is 1.30 bits per heavy atom. The van der Waals surface area contributed by atoms with Crippen LogP contribution >= 0.6 is 0 Å². The van der Waals surface area contributed by atoms with Crippen LogP contribution in [-0.2, 0) is 0 Å². The van der Waals surface area contributed by atoms with Gasteiger partial charge in [0.05, 0.1) is 0 Å². The topological polar surface area (TPSA) is 12.0 Å². The lowest BCUT2D eigenvalue weighted by molar-refractivity contribution is 0.509. The van der Waals surface area contributed by atoms with Gasteiger partial charge in [-0.3, -0.25) is 0 Å². The Hall–Kier alpha value is -0.0400. The molecule has 1 rings (SSSR count). The Labute approximate surface area is 64.2 Å². The van der Waals surface area contributed by atoms with Gasteiger partial charge in [-0.2, -0.15) is 0 Å². The van der Waals surface area contributed by atoms with Crippen LogP contribution in [0.15, 0.2) is 0 Å². The molecule has 0 aromatic heterocycles. The van der Waals surface area contributed by atoms with E-state index in [1.165, 1.54) is 45.2 Å². The van der Waals surface area contributed by atoms with E-state index in [0.717, 1.165) is 0 Å². The maximum Gasteiger partial charge on any atom is -0.00434 e. The molecule has 1 heterocycles. The van der Waals surface area contributed by atoms with Gasteiger partial charge in [-0.05, 0) is 38.3 Å². The molecule has 0 spiro atoms. The summed E-state index contributed by atoms with van der Waals surface area (Å²) < 4.78 is 0. The lowest BCUT2D eigenvalue weighted by Crippen LogP contribution is -2.26. The highest BCUT2D eigenvalue weighted by molar-refractivity contribution is 4.93. The van der Waals surface area contributed by atoms with Crippen molar-refractivity contribution in [1.29, 1.82) is 0 Å². The van der Waals surface area contributed by atoms with Gasteiger partial charge in [0.25, 0.3) is 0 Å². The number of nitrogens with one attached hydrogen (secondary N) is 1. The first-order valence-electron chi connectivity index (χ1n) is 4.47. The predicted octanol–water partition coefficient (Wildman–Crippen LogP) is 2.13. The molecule has 1 N–H and O–H groups in total. The van der Waals surface area contributed by atoms with E-state index in [0.29, 0.717) is 0 Å². The number of hydrogen-bond donors (Lipinski definition) is 1. The largest absolute Gasteiger partial charge is 0.317 e. The Morgan fingerprint density at radius 2 is 2.00 bits per heavy atom. The number of rotatable bonds is 3. The van der Waals surface area contributed by atoms with Crippen molar-refractivity contribution in [1.82, 2.24) is 5.32 Å². The first-order chi connectivity index (χ1) is 4.93. The normalized spacial score (nSPS) is 21.3. The van der Waals surface area contributed by atoms with Gasteiger partial charge in [0.1, 0.15) is 0 Å². The van der Waals surface area contributed by atoms with Crippen molar-refractivity contribution in [3.8, 4) is 0 Å². The second kappa shape index (κ2) is 4.73. The van der Waals surface area contributed by atoms with Crippen LogP contribution in [0.4, 0.5) is 0 Å². The van der Waals surface area contributed by atoms with E-state index in [4.69, 9.17) is 0 Å². The fourth-order valence-corrected chi connectivity index (χ4v) is 1.46. The van der Waals surface area contributed by atoms with Gasteiger partial charge >= 0.3 is 0 Å². The highest BCUT2D eigenvalue weighted by Gasteiger charge is 2.11. The van der Waals surface area contributed by atoms with Crippen molar-refractivity contribution in [2.45, 2.75) is 39.0 Å². The standard InChI is InChI=1S/C9H18N/c1-2-3-4-9-5-7-10-8-6-9/h10H,2-8H2,1H3. The lowest BCUT2D eigenvalue weighted by atomic mass is 9.93. The third-order valence-electron chi connectivity index (χ3n) is 2.19. The average Bonchev–Trinajstić information content (AvgIpc) is 2.03. The van der Waals surface area contributed by atoms with Crippen molar-refractivity contribution in [3.63, 3.8) is 0 Å². The zero-order valence-corrected chi connectivity index (χ0v) is 6.95. The molecule has 1 radical (unpaired) electrons. The molecule has 1 aliphatic rings. The molecule has 59 valence electrons. The minimum Gasteiger partial charge on any atom is -0.317 e. The molecule has 1 saturated heterocycles. The summed E-state index contributed by atoms with van der Waals surface area (Å²) >= 11 is 0. The fourth-order valence-electron chi connectivity index (χ4n) is 1.46. The summed E-state index contributed by atoms with van der Waals surface area (Å²) in [7, 11) is 0. The maximum absolute atomic E-state index is 3.37. The fraction of sp³-hybridized carbons (Fsp3) is 0.889. The third-order valence-corrected chi connectivity index (χ3v) is 2.19. The maximum atomic E-state index is 3.37. The summed E-state index contributed by atoms with van der Waals surface area (Å²) in [4.78, 5) is 0. The van der Waals surface area contributed by atoms with Gasteiger partial charge in [-0.25, -0.2) is 0 Å². The van der Waals surface area contributed by atoms with E-state index in [1.54, 1.807) is 5.92 Å². The summed E-state index contributed by atoms with van der Waals surface area (Å²) in [5, 5.41) is 3.37. The zero-order chi connectivity index (χ0) is 7.23. The first-order valence-corrected chi connectivity index (χ1v) is 4.47. The quantitative estimate of drug-likeness (QED) is 0.633. The molecule has 1 nitrogen and oxygen atoms in total. The number of unbranched alkanes of at least 4 members (excludes halogenated alkanes) is 1. The monoisotopic (exact) mass is 140 g/mol. The molecular formula is C9H18N. The van der Waals surface area contributed by atoms with E-state index in [2.05, 4.69) is 12.2 Å². The van der Waals surface area contributed by atoms with Crippen LogP contribution in [0, 0.1) is 5.92 Å². The molecule has 1 heteroatoms. The molecule has 0 unspecified atom stereocenters. The van der Waals surface area contributed by atoms with Gasteiger partial charge in [-0.1, -0.05) is 19.8 Å². The van der Waals surface area contributed by atoms with E-state index in [9.17, 15) is 0 Å². The van der Waals surface area contributed by atoms with Gasteiger partial charge in [0.2, 0.25) is 0 Å². The van der Waals surface area contributed by atoms with Crippen LogP contribution in [-0.4, -0.2) is 13.1 Å². The van der Waals surface area contributed by atoms with Crippen LogP contribution in [0.2, 0.25) is 0 Å². The molecule has 0 bridgehead atoms. The molecule has 10 heavy (non-hydrogen) atoms. The van der Waals surface area contributed by atoms with Gasteiger partial charge in [0, 0.05) is 0 Å². The second-order valence-corrected chi connectivity index (χ2v) is 3.10. The minimum absolute atomic E-state index is 1.22. The molecular weight excluding hydrogens is 122 g/mol. The Morgan fingerprint density at radius 3 is 2.60 bits per heavy atom. The zero-order valence-electron chi connectivity index (χ0n) is 6.95. The molecule has 0 atom stereocenters. The van der Waals surface area contributed by atoms with Gasteiger partial charge in [0.15, 0.2) is 0 Å². The van der Waals surface area contributed by atoms with Crippen LogP contribution in [0.5, 0.6) is 0 Å². The smallest absolute Gasteiger partial charge is 0.00434 e. The van der Waals surface area contributed by atoms with Gasteiger partial charge < -0.3 is 5.32 Å². The van der Waals surface area contributed by atoms with Crippen LogP contribution in [0.1, 0.15) is 39.0 Å². The average molecular weight is 140 g/mol. The summed E-state index contributed by atoms with van der Waals surface area (Å²) in [5.74, 6) is 1.79. The molecule has 0 saturated carbocycles. The van der Waals surface area contributed by atoms with Crippen molar-refractivity contribution >= 4 is 0 Å². The Kier molecular flexibility index (Phi) is 3.81. The summed E-state index contributed by atoms with van der Waals surface area (Å²) in [5.41, 5.74) is 0. The van der Waals surface area contributed by atoms with Gasteiger partial charge in [-0.15, -0.1) is 0 Å². The van der Waals surface area contributed by atoms with Crippen molar-refractivity contribution < 1.29 is 0 Å². The molecule has 0 aromatic rings. The Bertz CT molecular complexity index is 74.8. The first kappa shape index (κ1) is 8.06. The summed E-state index contributed by atoms with van der Waals surface area (Å²) in [6.07, 6.45) is 6.80. The van der Waals surface area contributed by atoms with E-state index in [-0.39, 0.29) is 0 Å². The second-order valence-electron chi connectivity index (χ2n) is 3.10. The molecule has 0 amide bonds. The highest BCUT2D eigenvalue weighted by atomic mass is 14.9. The third kappa shape index (κ3) is 2.70. The predicted molar refractivity (Wildman–Crippen MR) is 44.9 cm³/mol. The van der Waals surface area contributed by atoms with Crippen LogP contribution in [0.25, 0.3) is 0 Å².